The fraction of sp³-hybridized carbons (Fsp3) is 0.490. The van der Waals surface area contributed by atoms with Gasteiger partial charge in [-0.25, -0.2) is 9.59 Å². The number of benzene rings is 5. The molecule has 10 rings (SSSR count). The molecule has 4 heterocycles. The maximum atomic E-state index is 11.5. The Bertz CT molecular complexity index is 4370. The average molecular weight is 1690 g/mol. The molecule has 0 bridgehead atoms. The lowest BCUT2D eigenvalue weighted by Crippen LogP contribution is -2.48. The maximum Gasteiger partial charge on any atom is 0.408 e. The molecule has 1 aliphatic carbocycles. The summed E-state index contributed by atoms with van der Waals surface area (Å²) in [6.07, 6.45) is 15.5. The van der Waals surface area contributed by atoms with Crippen LogP contribution in [-0.2, 0) is 62.9 Å². The Morgan fingerprint density at radius 2 is 0.829 bits per heavy atom. The summed E-state index contributed by atoms with van der Waals surface area (Å²) in [6, 6.07) is 50.8. The van der Waals surface area contributed by atoms with Crippen molar-refractivity contribution in [3.63, 3.8) is 0 Å². The Morgan fingerprint density at radius 3 is 1.15 bits per heavy atom. The molecule has 0 radical (unpaired) electrons. The first-order chi connectivity index (χ1) is 57.1. The number of aromatic nitrogens is 7. The summed E-state index contributed by atoms with van der Waals surface area (Å²) < 4.78 is 21.0. The van der Waals surface area contributed by atoms with E-state index in [9.17, 15) is 33.6 Å². The number of nitrogens with zero attached hydrogens (tertiary/aromatic N) is 7. The van der Waals surface area contributed by atoms with Crippen LogP contribution in [0.5, 0.6) is 0 Å². The molecule has 2 unspecified atom stereocenters. The molecule has 0 saturated carbocycles. The Hall–Kier alpha value is -11.2. The van der Waals surface area contributed by atoms with E-state index in [0.29, 0.717) is 30.5 Å². The van der Waals surface area contributed by atoms with Gasteiger partial charge in [0.2, 0.25) is 23.6 Å². The lowest BCUT2D eigenvalue weighted by molar-refractivity contribution is -0.123. The van der Waals surface area contributed by atoms with Crippen molar-refractivity contribution in [2.75, 3.05) is 6.54 Å². The van der Waals surface area contributed by atoms with Gasteiger partial charge in [-0.1, -0.05) is 184 Å². The number of alkyl carbamates (subject to hydrolysis) is 2. The zero-order chi connectivity index (χ0) is 93.2. The van der Waals surface area contributed by atoms with Gasteiger partial charge < -0.3 is 45.9 Å². The summed E-state index contributed by atoms with van der Waals surface area (Å²) in [6.45, 7) is 61.2. The number of hydrogen-bond acceptors (Lipinski definition) is 14. The van der Waals surface area contributed by atoms with E-state index in [0.717, 1.165) is 29.9 Å². The van der Waals surface area contributed by atoms with E-state index in [1.54, 1.807) is 54.5 Å². The number of carbonyl (C=O) groups excluding carboxylic acids is 7. The molecule has 9 aromatic rings. The Balaban J connectivity index is 0.000000471. The molecule has 123 heavy (non-hydrogen) atoms. The predicted octanol–water partition coefficient (Wildman–Crippen LogP) is 20.9. The van der Waals surface area contributed by atoms with Crippen LogP contribution in [0.1, 0.15) is 248 Å². The standard InChI is InChI=1S/3C13H16N2.C13H19NO.C11H22N2O3.C11H15NO.C10H20N2O3.C9H14O.C7H11NO/c3*1-13(2,3)15-10-12(9-14-15)11-7-5-4-6-8-11;1-10(2)14-13(15)9-8-12-7-5-4-6-11(12)3;1-7(2)12-9(14)8(3)13-10(15)16-11(4,5)6;1-9(2)12-11(13)8-10-6-4-3-5-7-10;1-7(2)12-8(13)6-11-9(14)15-10(3,4)5;1-6(2)8-4-7(3)5-9(8)10;1-5(2)7-4-6(3)8-9-7/h3*4-10H,1-3H3;4-7,10H,8-9H2,1-3H3,(H,14,15);7-8H,1-6H3,(H,12,14)(H,13,15);3-7,9H,8H2,1-2H3,(H,12,13);7H,6H2,1-5H3,(H,11,14)(H,12,13);5-6,8H,4H2,1-3H3;4-5H,1-3H3. The molecule has 6 N–H and O–H groups in total. The van der Waals surface area contributed by atoms with Gasteiger partial charge in [-0.15, -0.1) is 0 Å². The van der Waals surface area contributed by atoms with Crippen molar-refractivity contribution in [2.45, 2.75) is 304 Å². The SMILES string of the molecule is CC(C)(C)n1cc(-c2ccccc2)cn1.CC(C)(C)n1cc(-c2ccccc2)cn1.CC(C)(C)n1cc(-c2ccccc2)cn1.CC(C)NC(=O)C(C)NC(=O)OC(C)(C)C.CC(C)NC(=O)CNC(=O)OC(C)(C)C.CC(C)NC(=O)Cc1ccccc1.CC1=CC(=O)C(C(C)C)C1.Cc1cc(C(C)C)on1.Cc1ccccc1CCC(=O)NC(C)C. The zero-order valence-corrected chi connectivity index (χ0v) is 79.8. The number of rotatable bonds is 18. The quantitative estimate of drug-likeness (QED) is 0.0466. The van der Waals surface area contributed by atoms with Crippen LogP contribution in [0.4, 0.5) is 9.59 Å². The Kier molecular flexibility index (Phi) is 46.4. The van der Waals surface area contributed by atoms with E-state index < -0.39 is 29.4 Å². The number of hydrogen-bond donors (Lipinski definition) is 6. The second-order valence-corrected chi connectivity index (χ2v) is 37.2. The van der Waals surface area contributed by atoms with E-state index in [2.05, 4.69) is 216 Å². The van der Waals surface area contributed by atoms with Crippen LogP contribution in [-0.4, -0.2) is 124 Å². The number of allylic oxidation sites excluding steroid dienone is 2. The van der Waals surface area contributed by atoms with Gasteiger partial charge >= 0.3 is 12.2 Å². The smallest absolute Gasteiger partial charge is 0.408 e. The maximum absolute atomic E-state index is 11.5. The third-order valence-corrected chi connectivity index (χ3v) is 17.2. The van der Waals surface area contributed by atoms with E-state index in [1.165, 1.54) is 50.1 Å². The highest BCUT2D eigenvalue weighted by Gasteiger charge is 2.26. The van der Waals surface area contributed by atoms with Crippen LogP contribution in [0.2, 0.25) is 0 Å². The average Bonchev–Trinajstić information content (AvgIpc) is 1.71. The molecule has 0 saturated heterocycles. The van der Waals surface area contributed by atoms with E-state index in [-0.39, 0.29) is 76.9 Å². The number of carbonyl (C=O) groups is 7. The van der Waals surface area contributed by atoms with Gasteiger partial charge in [0.1, 0.15) is 29.5 Å². The molecule has 1 aliphatic rings. The lowest BCUT2D eigenvalue weighted by Gasteiger charge is -2.22. The summed E-state index contributed by atoms with van der Waals surface area (Å²) in [5.74, 6) is 2.29. The van der Waals surface area contributed by atoms with E-state index >= 15 is 0 Å². The first-order valence-electron chi connectivity index (χ1n) is 42.8. The molecule has 2 atom stereocenters. The van der Waals surface area contributed by atoms with Gasteiger partial charge in [0, 0.05) is 83.8 Å². The largest absolute Gasteiger partial charge is 0.444 e. The van der Waals surface area contributed by atoms with Crippen molar-refractivity contribution in [3.05, 3.63) is 229 Å². The molecule has 4 aromatic heterocycles. The monoisotopic (exact) mass is 1690 g/mol. The molecule has 23 nitrogen and oxygen atoms in total. The number of nitrogens with one attached hydrogen (secondary N) is 6. The van der Waals surface area contributed by atoms with E-state index in [1.807, 2.05) is 205 Å². The molecule has 0 fully saturated rings. The first kappa shape index (κ1) is 108. The van der Waals surface area contributed by atoms with Gasteiger partial charge in [-0.3, -0.25) is 38.0 Å². The summed E-state index contributed by atoms with van der Waals surface area (Å²) >= 11 is 0. The number of amides is 6. The van der Waals surface area contributed by atoms with Crippen molar-refractivity contribution >= 4 is 41.6 Å². The van der Waals surface area contributed by atoms with Crippen molar-refractivity contribution in [2.24, 2.45) is 11.8 Å². The molecule has 23 heteroatoms. The van der Waals surface area contributed by atoms with E-state index in [4.69, 9.17) is 14.0 Å². The number of ketones is 1. The van der Waals surface area contributed by atoms with Gasteiger partial charge in [0.05, 0.1) is 47.3 Å². The van der Waals surface area contributed by atoms with Gasteiger partial charge in [-0.2, -0.15) is 15.3 Å². The van der Waals surface area contributed by atoms with Crippen molar-refractivity contribution < 1.29 is 47.6 Å². The molecule has 6 amide bonds. The minimum Gasteiger partial charge on any atom is -0.444 e. The van der Waals surface area contributed by atoms with Crippen LogP contribution in [0.3, 0.4) is 0 Å². The predicted molar refractivity (Wildman–Crippen MR) is 501 cm³/mol. The molecule has 674 valence electrons. The van der Waals surface area contributed by atoms with Crippen LogP contribution < -0.4 is 31.9 Å². The van der Waals surface area contributed by atoms with Crippen LogP contribution in [0.15, 0.2) is 205 Å². The fourth-order valence-electron chi connectivity index (χ4n) is 11.0. The summed E-state index contributed by atoms with van der Waals surface area (Å²) in [4.78, 5) is 79.0. The van der Waals surface area contributed by atoms with Gasteiger partial charge in [0.15, 0.2) is 5.78 Å². The highest BCUT2D eigenvalue weighted by molar-refractivity contribution is 5.95. The Morgan fingerprint density at radius 1 is 0.455 bits per heavy atom. The molecular formula is C100H149N13O10. The summed E-state index contributed by atoms with van der Waals surface area (Å²) in [5.41, 5.74) is 12.0. The van der Waals surface area contributed by atoms with Crippen molar-refractivity contribution in [1.82, 2.24) is 66.4 Å². The van der Waals surface area contributed by atoms with Gasteiger partial charge in [-0.05, 0) is 245 Å². The highest BCUT2D eigenvalue weighted by atomic mass is 16.6. The number of aryl methyl sites for hydroxylation is 3. The normalized spacial score (nSPS) is 12.5. The van der Waals surface area contributed by atoms with Crippen molar-refractivity contribution in [3.8, 4) is 33.4 Å². The second kappa shape index (κ2) is 52.9. The summed E-state index contributed by atoms with van der Waals surface area (Å²) in [7, 11) is 0. The third kappa shape index (κ3) is 47.7. The topological polar surface area (TPSA) is 290 Å². The fourth-order valence-corrected chi connectivity index (χ4v) is 11.0. The first-order valence-corrected chi connectivity index (χ1v) is 42.8. The van der Waals surface area contributed by atoms with Crippen molar-refractivity contribution in [1.29, 1.82) is 0 Å². The lowest BCUT2D eigenvalue weighted by atomic mass is 9.92. The number of ether oxygens (including phenoxy) is 2. The summed E-state index contributed by atoms with van der Waals surface area (Å²) in [5, 5.41) is 32.8. The van der Waals surface area contributed by atoms with Crippen LogP contribution >= 0.6 is 0 Å². The van der Waals surface area contributed by atoms with Crippen LogP contribution in [0.25, 0.3) is 33.4 Å². The molecule has 0 aliphatic heterocycles. The zero-order valence-electron chi connectivity index (χ0n) is 79.8. The minimum atomic E-state index is -0.600. The molecular weight excluding hydrogens is 1540 g/mol. The second-order valence-electron chi connectivity index (χ2n) is 37.2. The molecule has 0 spiro atoms. The van der Waals surface area contributed by atoms with Gasteiger partial charge in [0.25, 0.3) is 0 Å². The molecule has 5 aromatic carbocycles. The van der Waals surface area contributed by atoms with Crippen LogP contribution in [0, 0.1) is 25.7 Å². The highest BCUT2D eigenvalue weighted by Crippen LogP contribution is 2.28. The third-order valence-electron chi connectivity index (χ3n) is 17.2. The Labute approximate surface area is 736 Å². The minimum absolute atomic E-state index is 0.0486.